The number of sulfonamides is 1. The van der Waals surface area contributed by atoms with Crippen LogP contribution in [0.5, 0.6) is 0 Å². The molecule has 0 radical (unpaired) electrons. The van der Waals surface area contributed by atoms with E-state index in [-0.39, 0.29) is 0 Å². The van der Waals surface area contributed by atoms with Gasteiger partial charge in [-0.2, -0.15) is 4.31 Å². The lowest BCUT2D eigenvalue weighted by atomic mass is 9.88. The number of aryl methyl sites for hydroxylation is 1. The van der Waals surface area contributed by atoms with Gasteiger partial charge in [0, 0.05) is 25.7 Å². The minimum atomic E-state index is -3.31. The van der Waals surface area contributed by atoms with E-state index in [2.05, 4.69) is 29.6 Å². The van der Waals surface area contributed by atoms with Gasteiger partial charge in [0.1, 0.15) is 0 Å². The molecule has 4 rings (SSSR count). The normalized spacial score (nSPS) is 20.8. The first-order valence-corrected chi connectivity index (χ1v) is 11.0. The van der Waals surface area contributed by atoms with Gasteiger partial charge in [-0.05, 0) is 60.9 Å². The molecule has 0 bridgehead atoms. The Morgan fingerprint density at radius 3 is 2.38 bits per heavy atom. The molecule has 4 nitrogen and oxygen atoms in total. The fraction of sp³-hybridized carbons (Fsp3) is 0.429. The van der Waals surface area contributed by atoms with Gasteiger partial charge in [0.25, 0.3) is 0 Å². The van der Waals surface area contributed by atoms with E-state index in [1.165, 1.54) is 11.1 Å². The minimum absolute atomic E-state index is 0.412. The monoisotopic (exact) mass is 370 g/mol. The van der Waals surface area contributed by atoms with Crippen molar-refractivity contribution < 1.29 is 8.42 Å². The number of nitrogens with one attached hydrogen (secondary N) is 1. The average Bonchev–Trinajstić information content (AvgIpc) is 3.22. The second-order valence-corrected chi connectivity index (χ2v) is 9.28. The van der Waals surface area contributed by atoms with E-state index >= 15 is 0 Å². The van der Waals surface area contributed by atoms with Crippen LogP contribution in [0.1, 0.15) is 36.0 Å². The van der Waals surface area contributed by atoms with Crippen LogP contribution < -0.4 is 5.32 Å². The van der Waals surface area contributed by atoms with Gasteiger partial charge in [0.15, 0.2) is 0 Å². The van der Waals surface area contributed by atoms with Crippen LogP contribution in [0, 0.1) is 0 Å². The molecule has 2 aromatic rings. The van der Waals surface area contributed by atoms with Gasteiger partial charge in [0.2, 0.25) is 10.0 Å². The highest BCUT2D eigenvalue weighted by Crippen LogP contribution is 2.23. The number of benzene rings is 2. The minimum Gasteiger partial charge on any atom is -0.310 e. The highest BCUT2D eigenvalue weighted by molar-refractivity contribution is 7.89. The van der Waals surface area contributed by atoms with Crippen LogP contribution in [0.2, 0.25) is 0 Å². The SMILES string of the molecule is O=S(=O)(c1ccc(CNC2CCc3ccccc3C2)cc1)N1CCCC1. The standard InChI is InChI=1S/C21H26N2O2S/c24-26(25,23-13-3-4-14-23)21-11-7-17(8-12-21)16-22-20-10-9-18-5-1-2-6-19(18)15-20/h1-2,5-8,11-12,20,22H,3-4,9-10,13-16H2. The van der Waals surface area contributed by atoms with Crippen LogP contribution in [-0.4, -0.2) is 31.9 Å². The molecule has 0 saturated carbocycles. The lowest BCUT2D eigenvalue weighted by Gasteiger charge is -2.25. The first-order valence-electron chi connectivity index (χ1n) is 9.52. The maximum absolute atomic E-state index is 12.6. The molecular weight excluding hydrogens is 344 g/mol. The molecule has 1 saturated heterocycles. The molecule has 1 heterocycles. The molecule has 1 atom stereocenters. The quantitative estimate of drug-likeness (QED) is 0.880. The highest BCUT2D eigenvalue weighted by Gasteiger charge is 2.27. The van der Waals surface area contributed by atoms with E-state index in [4.69, 9.17) is 0 Å². The second-order valence-electron chi connectivity index (χ2n) is 7.34. The predicted octanol–water partition coefficient (Wildman–Crippen LogP) is 3.12. The van der Waals surface area contributed by atoms with Crippen LogP contribution in [0.25, 0.3) is 0 Å². The molecule has 2 aromatic carbocycles. The molecule has 0 aromatic heterocycles. The molecule has 1 N–H and O–H groups in total. The Labute approximate surface area is 156 Å². The van der Waals surface area contributed by atoms with E-state index in [0.717, 1.165) is 44.2 Å². The highest BCUT2D eigenvalue weighted by atomic mass is 32.2. The van der Waals surface area contributed by atoms with Gasteiger partial charge in [-0.3, -0.25) is 0 Å². The molecule has 1 fully saturated rings. The third kappa shape index (κ3) is 3.70. The molecule has 1 aliphatic carbocycles. The lowest BCUT2D eigenvalue weighted by molar-refractivity contribution is 0.457. The number of fused-ring (bicyclic) bond motifs is 1. The van der Waals surface area contributed by atoms with Crippen molar-refractivity contribution in [2.45, 2.75) is 49.6 Å². The molecule has 0 spiro atoms. The Balaban J connectivity index is 1.36. The van der Waals surface area contributed by atoms with Crippen molar-refractivity contribution in [2.24, 2.45) is 0 Å². The van der Waals surface area contributed by atoms with Crippen LogP contribution in [0.3, 0.4) is 0 Å². The summed E-state index contributed by atoms with van der Waals surface area (Å²) in [5.74, 6) is 0. The second kappa shape index (κ2) is 7.51. The summed E-state index contributed by atoms with van der Waals surface area (Å²) >= 11 is 0. The lowest BCUT2D eigenvalue weighted by Crippen LogP contribution is -2.34. The number of hydrogen-bond donors (Lipinski definition) is 1. The van der Waals surface area contributed by atoms with Crippen molar-refractivity contribution in [3.8, 4) is 0 Å². The van der Waals surface area contributed by atoms with E-state index in [9.17, 15) is 8.42 Å². The third-order valence-electron chi connectivity index (χ3n) is 5.57. The fourth-order valence-electron chi connectivity index (χ4n) is 3.99. The molecule has 0 amide bonds. The molecule has 138 valence electrons. The van der Waals surface area contributed by atoms with E-state index in [0.29, 0.717) is 24.0 Å². The van der Waals surface area contributed by atoms with Crippen LogP contribution in [-0.2, 0) is 29.4 Å². The van der Waals surface area contributed by atoms with Crippen molar-refractivity contribution in [2.75, 3.05) is 13.1 Å². The Morgan fingerprint density at radius 1 is 0.962 bits per heavy atom. The molecule has 1 unspecified atom stereocenters. The first kappa shape index (κ1) is 17.7. The van der Waals surface area contributed by atoms with E-state index in [1.54, 1.807) is 16.4 Å². The Morgan fingerprint density at radius 2 is 1.65 bits per heavy atom. The summed E-state index contributed by atoms with van der Waals surface area (Å²) in [7, 11) is -3.31. The Kier molecular flexibility index (Phi) is 5.11. The average molecular weight is 371 g/mol. The molecule has 5 heteroatoms. The van der Waals surface area contributed by atoms with Crippen molar-refractivity contribution >= 4 is 10.0 Å². The zero-order valence-corrected chi connectivity index (χ0v) is 15.8. The summed E-state index contributed by atoms with van der Waals surface area (Å²) in [5, 5.41) is 3.63. The maximum atomic E-state index is 12.6. The first-order chi connectivity index (χ1) is 12.6. The van der Waals surface area contributed by atoms with Gasteiger partial charge in [-0.15, -0.1) is 0 Å². The van der Waals surface area contributed by atoms with E-state index in [1.807, 2.05) is 12.1 Å². The van der Waals surface area contributed by atoms with Crippen LogP contribution >= 0.6 is 0 Å². The van der Waals surface area contributed by atoms with Crippen LogP contribution in [0.15, 0.2) is 53.4 Å². The fourth-order valence-corrected chi connectivity index (χ4v) is 5.51. The summed E-state index contributed by atoms with van der Waals surface area (Å²) in [6, 6.07) is 16.5. The topological polar surface area (TPSA) is 49.4 Å². The summed E-state index contributed by atoms with van der Waals surface area (Å²) in [6.45, 7) is 2.07. The van der Waals surface area contributed by atoms with Crippen molar-refractivity contribution in [3.63, 3.8) is 0 Å². The molecule has 26 heavy (non-hydrogen) atoms. The summed E-state index contributed by atoms with van der Waals surface area (Å²) in [6.07, 6.45) is 5.27. The van der Waals surface area contributed by atoms with Crippen molar-refractivity contribution in [1.82, 2.24) is 9.62 Å². The third-order valence-corrected chi connectivity index (χ3v) is 7.48. The summed E-state index contributed by atoms with van der Waals surface area (Å²) < 4.78 is 26.8. The van der Waals surface area contributed by atoms with Gasteiger partial charge < -0.3 is 5.32 Å². The predicted molar refractivity (Wildman–Crippen MR) is 104 cm³/mol. The van der Waals surface area contributed by atoms with Crippen molar-refractivity contribution in [3.05, 3.63) is 65.2 Å². The zero-order valence-electron chi connectivity index (χ0n) is 15.0. The molecular formula is C21H26N2O2S. The van der Waals surface area contributed by atoms with Gasteiger partial charge in [-0.1, -0.05) is 36.4 Å². The number of rotatable bonds is 5. The van der Waals surface area contributed by atoms with Gasteiger partial charge >= 0.3 is 0 Å². The smallest absolute Gasteiger partial charge is 0.243 e. The van der Waals surface area contributed by atoms with Crippen molar-refractivity contribution in [1.29, 1.82) is 0 Å². The van der Waals surface area contributed by atoms with Gasteiger partial charge in [-0.25, -0.2) is 8.42 Å². The van der Waals surface area contributed by atoms with E-state index < -0.39 is 10.0 Å². The Hall–Kier alpha value is -1.69. The maximum Gasteiger partial charge on any atom is 0.243 e. The largest absolute Gasteiger partial charge is 0.310 e. The summed E-state index contributed by atoms with van der Waals surface area (Å²) in [4.78, 5) is 0.412. The number of hydrogen-bond acceptors (Lipinski definition) is 3. The molecule has 1 aliphatic heterocycles. The summed E-state index contributed by atoms with van der Waals surface area (Å²) in [5.41, 5.74) is 4.05. The van der Waals surface area contributed by atoms with Gasteiger partial charge in [0.05, 0.1) is 4.90 Å². The number of nitrogens with zero attached hydrogens (tertiary/aromatic N) is 1. The van der Waals surface area contributed by atoms with Crippen LogP contribution in [0.4, 0.5) is 0 Å². The molecule has 2 aliphatic rings. The zero-order chi connectivity index (χ0) is 18.0. The Bertz CT molecular complexity index is 856.